The summed E-state index contributed by atoms with van der Waals surface area (Å²) in [5.74, 6) is 1.01. The maximum absolute atomic E-state index is 12.0. The van der Waals surface area contributed by atoms with E-state index in [1.807, 2.05) is 49.4 Å². The minimum atomic E-state index is -0.586. The molecule has 1 atom stereocenters. The number of hydrazone groups is 1. The van der Waals surface area contributed by atoms with Gasteiger partial charge in [-0.1, -0.05) is 30.3 Å². The molecule has 1 N–H and O–H groups in total. The Kier molecular flexibility index (Phi) is 4.09. The highest BCUT2D eigenvalue weighted by atomic mass is 16.5. The van der Waals surface area contributed by atoms with Crippen LogP contribution in [0.25, 0.3) is 10.8 Å². The third-order valence-electron chi connectivity index (χ3n) is 3.91. The van der Waals surface area contributed by atoms with E-state index >= 15 is 0 Å². The Morgan fingerprint density at radius 1 is 1.23 bits per heavy atom. The molecule has 0 spiro atoms. The molecule has 3 rings (SSSR count). The van der Waals surface area contributed by atoms with Crippen molar-refractivity contribution in [3.63, 3.8) is 0 Å². The number of carbonyl (C=O) groups is 1. The van der Waals surface area contributed by atoms with Crippen LogP contribution >= 0.6 is 0 Å². The van der Waals surface area contributed by atoms with E-state index in [9.17, 15) is 4.79 Å². The highest BCUT2D eigenvalue weighted by molar-refractivity contribution is 5.89. The summed E-state index contributed by atoms with van der Waals surface area (Å²) in [6, 6.07) is 13.9. The van der Waals surface area contributed by atoms with E-state index in [2.05, 4.69) is 10.5 Å². The van der Waals surface area contributed by atoms with Gasteiger partial charge in [-0.15, -0.1) is 0 Å². The third kappa shape index (κ3) is 3.45. The summed E-state index contributed by atoms with van der Waals surface area (Å²) in [7, 11) is 0. The smallest absolute Gasteiger partial charge is 0.280 e. The molecule has 0 radical (unpaired) electrons. The summed E-state index contributed by atoms with van der Waals surface area (Å²) in [6.07, 6.45) is 1.76. The van der Waals surface area contributed by atoms with Crippen molar-refractivity contribution in [2.75, 3.05) is 0 Å². The number of nitrogens with one attached hydrogen (secondary N) is 1. The van der Waals surface area contributed by atoms with Crippen molar-refractivity contribution in [2.24, 2.45) is 11.0 Å². The van der Waals surface area contributed by atoms with Gasteiger partial charge in [-0.25, -0.2) is 5.43 Å². The molecule has 0 aromatic heterocycles. The first kappa shape index (κ1) is 14.6. The fourth-order valence-corrected chi connectivity index (χ4v) is 2.32. The maximum atomic E-state index is 12.0. The molecular formula is C18H20N2O2. The lowest BCUT2D eigenvalue weighted by Crippen LogP contribution is -2.34. The number of amides is 1. The van der Waals surface area contributed by atoms with E-state index in [-0.39, 0.29) is 5.91 Å². The van der Waals surface area contributed by atoms with Crippen LogP contribution in [0.5, 0.6) is 5.75 Å². The summed E-state index contributed by atoms with van der Waals surface area (Å²) >= 11 is 0. The first-order chi connectivity index (χ1) is 10.6. The number of rotatable bonds is 5. The predicted molar refractivity (Wildman–Crippen MR) is 88.0 cm³/mol. The quantitative estimate of drug-likeness (QED) is 0.678. The van der Waals surface area contributed by atoms with E-state index in [0.29, 0.717) is 11.7 Å². The average molecular weight is 296 g/mol. The topological polar surface area (TPSA) is 50.7 Å². The van der Waals surface area contributed by atoms with Gasteiger partial charge < -0.3 is 4.74 Å². The molecule has 4 heteroatoms. The number of hydrogen-bond donors (Lipinski definition) is 1. The van der Waals surface area contributed by atoms with Crippen LogP contribution in [-0.4, -0.2) is 17.7 Å². The Balaban J connectivity index is 1.62. The van der Waals surface area contributed by atoms with Crippen LogP contribution in [0.15, 0.2) is 47.6 Å². The van der Waals surface area contributed by atoms with Crippen LogP contribution in [-0.2, 0) is 4.79 Å². The number of hydrogen-bond acceptors (Lipinski definition) is 3. The summed E-state index contributed by atoms with van der Waals surface area (Å²) < 4.78 is 5.71. The number of fused-ring (bicyclic) bond motifs is 1. The molecule has 114 valence electrons. The molecule has 1 fully saturated rings. The molecule has 2 aromatic rings. The zero-order valence-corrected chi connectivity index (χ0v) is 12.9. The van der Waals surface area contributed by atoms with Crippen molar-refractivity contribution < 1.29 is 9.53 Å². The lowest BCUT2D eigenvalue weighted by Gasteiger charge is -2.13. The molecule has 1 aliphatic carbocycles. The number of benzene rings is 2. The summed E-state index contributed by atoms with van der Waals surface area (Å²) in [5.41, 5.74) is 3.58. The number of carbonyl (C=O) groups excluding carboxylic acids is 1. The lowest BCUT2D eigenvalue weighted by atomic mass is 10.1. The standard InChI is InChI=1S/C18H20N2O2/c1-12(14-7-8-14)19-20-18(21)13(2)22-17-10-9-15-5-3-4-6-16(15)11-17/h3-6,9-11,13-14H,7-8H2,1-2H3,(H,20,21)/b19-12+/t13-/m1/s1. The van der Waals surface area contributed by atoms with Gasteiger partial charge in [-0.05, 0) is 55.5 Å². The summed E-state index contributed by atoms with van der Waals surface area (Å²) in [6.45, 7) is 3.68. The molecule has 0 unspecified atom stereocenters. The van der Waals surface area contributed by atoms with Crippen LogP contribution in [0.2, 0.25) is 0 Å². The summed E-state index contributed by atoms with van der Waals surface area (Å²) in [4.78, 5) is 12.0. The molecule has 1 saturated carbocycles. The molecule has 0 bridgehead atoms. The molecular weight excluding hydrogens is 276 g/mol. The van der Waals surface area contributed by atoms with Crippen molar-refractivity contribution >= 4 is 22.4 Å². The Labute approximate surface area is 130 Å². The fraction of sp³-hybridized carbons (Fsp3) is 0.333. The van der Waals surface area contributed by atoms with Gasteiger partial charge >= 0.3 is 0 Å². The first-order valence-corrected chi connectivity index (χ1v) is 7.63. The highest BCUT2D eigenvalue weighted by Crippen LogP contribution is 2.30. The van der Waals surface area contributed by atoms with E-state index in [1.54, 1.807) is 6.92 Å². The van der Waals surface area contributed by atoms with Gasteiger partial charge in [0.15, 0.2) is 6.10 Å². The molecule has 0 heterocycles. The molecule has 0 aliphatic heterocycles. The Hall–Kier alpha value is -2.36. The minimum absolute atomic E-state index is 0.229. The van der Waals surface area contributed by atoms with Crippen LogP contribution in [0.3, 0.4) is 0 Å². The molecule has 22 heavy (non-hydrogen) atoms. The van der Waals surface area contributed by atoms with Gasteiger partial charge in [0, 0.05) is 5.71 Å². The Morgan fingerprint density at radius 3 is 2.68 bits per heavy atom. The molecule has 1 amide bonds. The van der Waals surface area contributed by atoms with Gasteiger partial charge in [-0.2, -0.15) is 5.10 Å². The minimum Gasteiger partial charge on any atom is -0.481 e. The van der Waals surface area contributed by atoms with Crippen LogP contribution in [0, 0.1) is 5.92 Å². The predicted octanol–water partition coefficient (Wildman–Crippen LogP) is 3.51. The monoisotopic (exact) mass is 296 g/mol. The van der Waals surface area contributed by atoms with Crippen molar-refractivity contribution in [1.29, 1.82) is 0 Å². The number of nitrogens with zero attached hydrogens (tertiary/aromatic N) is 1. The second-order valence-electron chi connectivity index (χ2n) is 5.77. The zero-order valence-electron chi connectivity index (χ0n) is 12.9. The van der Waals surface area contributed by atoms with Crippen LogP contribution in [0.1, 0.15) is 26.7 Å². The second kappa shape index (κ2) is 6.18. The largest absolute Gasteiger partial charge is 0.481 e. The zero-order chi connectivity index (χ0) is 15.5. The molecule has 1 aliphatic rings. The van der Waals surface area contributed by atoms with Crippen LogP contribution < -0.4 is 10.2 Å². The molecule has 0 saturated heterocycles. The maximum Gasteiger partial charge on any atom is 0.280 e. The fourth-order valence-electron chi connectivity index (χ4n) is 2.32. The van der Waals surface area contributed by atoms with Crippen LogP contribution in [0.4, 0.5) is 0 Å². The van der Waals surface area contributed by atoms with Crippen molar-refractivity contribution in [3.8, 4) is 5.75 Å². The van der Waals surface area contributed by atoms with Crippen molar-refractivity contribution in [1.82, 2.24) is 5.43 Å². The number of ether oxygens (including phenoxy) is 1. The van der Waals surface area contributed by atoms with E-state index in [0.717, 1.165) is 16.5 Å². The lowest BCUT2D eigenvalue weighted by molar-refractivity contribution is -0.127. The molecule has 4 nitrogen and oxygen atoms in total. The van der Waals surface area contributed by atoms with E-state index < -0.39 is 6.10 Å². The highest BCUT2D eigenvalue weighted by Gasteiger charge is 2.25. The second-order valence-corrected chi connectivity index (χ2v) is 5.77. The van der Waals surface area contributed by atoms with Crippen molar-refractivity contribution in [3.05, 3.63) is 42.5 Å². The van der Waals surface area contributed by atoms with E-state index in [4.69, 9.17) is 4.74 Å². The van der Waals surface area contributed by atoms with Gasteiger partial charge in [-0.3, -0.25) is 4.79 Å². The van der Waals surface area contributed by atoms with E-state index in [1.165, 1.54) is 12.8 Å². The normalized spacial score (nSPS) is 16.4. The van der Waals surface area contributed by atoms with Gasteiger partial charge in [0.25, 0.3) is 5.91 Å². The van der Waals surface area contributed by atoms with Crippen molar-refractivity contribution in [2.45, 2.75) is 32.8 Å². The first-order valence-electron chi connectivity index (χ1n) is 7.63. The van der Waals surface area contributed by atoms with Gasteiger partial charge in [0.2, 0.25) is 0 Å². The Bertz CT molecular complexity index is 720. The molecule has 2 aromatic carbocycles. The third-order valence-corrected chi connectivity index (χ3v) is 3.91. The van der Waals surface area contributed by atoms with Gasteiger partial charge in [0.05, 0.1) is 0 Å². The Morgan fingerprint density at radius 2 is 1.95 bits per heavy atom. The SMILES string of the molecule is C/C(=N\NC(=O)[C@@H](C)Oc1ccc2ccccc2c1)C1CC1. The average Bonchev–Trinajstić information content (AvgIpc) is 3.37. The van der Waals surface area contributed by atoms with Gasteiger partial charge in [0.1, 0.15) is 5.75 Å². The summed E-state index contributed by atoms with van der Waals surface area (Å²) in [5, 5.41) is 6.38.